The number of fused-ring (bicyclic) bond motifs is 3. The molecule has 4 aliphatic rings. The van der Waals surface area contributed by atoms with Gasteiger partial charge in [-0.15, -0.1) is 0 Å². The van der Waals surface area contributed by atoms with Crippen LogP contribution in [0.5, 0.6) is 5.88 Å². The minimum atomic E-state index is 0.285. The van der Waals surface area contributed by atoms with Crippen LogP contribution in [0.2, 0.25) is 0 Å². The Balaban J connectivity index is 1.45. The van der Waals surface area contributed by atoms with E-state index in [1.54, 1.807) is 7.11 Å². The Morgan fingerprint density at radius 3 is 2.58 bits per heavy atom. The molecule has 3 fully saturated rings. The van der Waals surface area contributed by atoms with Crippen LogP contribution in [0, 0.1) is 11.8 Å². The fraction of sp³-hybridized carbons (Fsp3) is 0.500. The molecule has 2 aromatic heterocycles. The first-order chi connectivity index (χ1) is 11.8. The summed E-state index contributed by atoms with van der Waals surface area (Å²) < 4.78 is 5.15. The van der Waals surface area contributed by atoms with Crippen LogP contribution in [0.4, 0.5) is 5.82 Å². The Labute approximate surface area is 142 Å². The molecule has 2 aromatic rings. The Kier molecular flexibility index (Phi) is 3.09. The van der Waals surface area contributed by atoms with Gasteiger partial charge in [-0.05, 0) is 55.2 Å². The summed E-state index contributed by atoms with van der Waals surface area (Å²) in [5, 5.41) is 3.83. The molecule has 4 heteroatoms. The molecule has 2 bridgehead atoms. The highest BCUT2D eigenvalue weighted by atomic mass is 16.5. The number of hydrogen-bond acceptors (Lipinski definition) is 4. The number of hydrogen-bond donors (Lipinski definition) is 1. The number of ether oxygens (including phenoxy) is 1. The van der Waals surface area contributed by atoms with Gasteiger partial charge in [-0.1, -0.05) is 12.8 Å². The van der Waals surface area contributed by atoms with Crippen LogP contribution < -0.4 is 10.1 Å². The Bertz CT molecular complexity index is 765. The zero-order chi connectivity index (χ0) is 16.1. The molecule has 1 atom stereocenters. The van der Waals surface area contributed by atoms with E-state index in [-0.39, 0.29) is 5.54 Å². The predicted molar refractivity (Wildman–Crippen MR) is 94.1 cm³/mol. The Morgan fingerprint density at radius 1 is 1.08 bits per heavy atom. The average Bonchev–Trinajstić information content (AvgIpc) is 2.99. The van der Waals surface area contributed by atoms with E-state index in [1.807, 2.05) is 18.5 Å². The van der Waals surface area contributed by atoms with Crippen molar-refractivity contribution in [2.45, 2.75) is 44.1 Å². The van der Waals surface area contributed by atoms with Crippen molar-refractivity contribution in [3.8, 4) is 17.0 Å². The van der Waals surface area contributed by atoms with Crippen molar-refractivity contribution < 1.29 is 4.74 Å². The quantitative estimate of drug-likeness (QED) is 0.906. The van der Waals surface area contributed by atoms with Crippen molar-refractivity contribution in [3.63, 3.8) is 0 Å². The van der Waals surface area contributed by atoms with E-state index < -0.39 is 0 Å². The minimum absolute atomic E-state index is 0.285. The van der Waals surface area contributed by atoms with Crippen LogP contribution in [-0.2, 0) is 6.42 Å². The van der Waals surface area contributed by atoms with Gasteiger partial charge in [0.05, 0.1) is 7.11 Å². The number of nitrogens with zero attached hydrogens (tertiary/aromatic N) is 2. The van der Waals surface area contributed by atoms with Gasteiger partial charge in [0.25, 0.3) is 0 Å². The maximum absolute atomic E-state index is 5.15. The van der Waals surface area contributed by atoms with Gasteiger partial charge < -0.3 is 10.1 Å². The van der Waals surface area contributed by atoms with E-state index in [0.29, 0.717) is 5.88 Å². The lowest BCUT2D eigenvalue weighted by molar-refractivity contribution is 0.0894. The van der Waals surface area contributed by atoms with Gasteiger partial charge in [0.15, 0.2) is 0 Å². The molecule has 0 unspecified atom stereocenters. The maximum Gasteiger partial charge on any atom is 0.212 e. The summed E-state index contributed by atoms with van der Waals surface area (Å²) in [5.74, 6) is 3.49. The topological polar surface area (TPSA) is 47.0 Å². The molecule has 24 heavy (non-hydrogen) atoms. The number of methoxy groups -OCH3 is 1. The highest BCUT2D eigenvalue weighted by molar-refractivity contribution is 5.67. The van der Waals surface area contributed by atoms with Crippen LogP contribution >= 0.6 is 0 Å². The van der Waals surface area contributed by atoms with E-state index in [2.05, 4.69) is 22.4 Å². The number of aromatic nitrogens is 2. The zero-order valence-electron chi connectivity index (χ0n) is 14.1. The third-order valence-corrected chi connectivity index (χ3v) is 6.40. The Morgan fingerprint density at radius 2 is 1.92 bits per heavy atom. The summed E-state index contributed by atoms with van der Waals surface area (Å²) >= 11 is 0. The van der Waals surface area contributed by atoms with Crippen molar-refractivity contribution in [2.75, 3.05) is 12.4 Å². The van der Waals surface area contributed by atoms with Crippen molar-refractivity contribution in [1.29, 1.82) is 0 Å². The predicted octanol–water partition coefficient (Wildman–Crippen LogP) is 4.07. The van der Waals surface area contributed by atoms with Gasteiger partial charge in [0.1, 0.15) is 5.82 Å². The van der Waals surface area contributed by atoms with Crippen molar-refractivity contribution in [2.24, 2.45) is 11.8 Å². The van der Waals surface area contributed by atoms with Crippen LogP contribution in [0.1, 0.15) is 37.7 Å². The SMILES string of the molecule is COc1ccc(-c2cnc3c(c2)C[C@@]2(CC4CCC2CC4)N3)cn1. The zero-order valence-corrected chi connectivity index (χ0v) is 14.1. The van der Waals surface area contributed by atoms with Crippen LogP contribution in [0.25, 0.3) is 11.1 Å². The second kappa shape index (κ2) is 5.20. The smallest absolute Gasteiger partial charge is 0.212 e. The molecule has 3 aliphatic carbocycles. The third kappa shape index (κ3) is 2.12. The molecular weight excluding hydrogens is 298 g/mol. The van der Waals surface area contributed by atoms with Gasteiger partial charge in [0, 0.05) is 35.1 Å². The van der Waals surface area contributed by atoms with Gasteiger partial charge in [-0.25, -0.2) is 9.97 Å². The lowest BCUT2D eigenvalue weighted by Gasteiger charge is -2.50. The summed E-state index contributed by atoms with van der Waals surface area (Å²) in [7, 11) is 1.64. The summed E-state index contributed by atoms with van der Waals surface area (Å²) in [6.45, 7) is 0. The van der Waals surface area contributed by atoms with Crippen LogP contribution in [-0.4, -0.2) is 22.6 Å². The molecule has 0 saturated heterocycles. The first-order valence-corrected chi connectivity index (χ1v) is 9.03. The van der Waals surface area contributed by atoms with E-state index in [9.17, 15) is 0 Å². The molecule has 0 amide bonds. The molecule has 4 nitrogen and oxygen atoms in total. The fourth-order valence-electron chi connectivity index (χ4n) is 5.18. The molecule has 1 aliphatic heterocycles. The number of pyridine rings is 2. The summed E-state index contributed by atoms with van der Waals surface area (Å²) in [5.41, 5.74) is 3.89. The number of nitrogens with one attached hydrogen (secondary N) is 1. The van der Waals surface area contributed by atoms with E-state index in [1.165, 1.54) is 37.7 Å². The molecule has 1 spiro atoms. The molecule has 0 aromatic carbocycles. The standard InChI is InChI=1S/C20H23N3O/c1-24-18-7-4-14(11-21-18)16-8-15-10-20(23-19(15)22-12-16)9-13-2-5-17(20)6-3-13/h4,7-8,11-13,17H,2-3,5-6,9-10H2,1H3,(H,22,23)/t13?,17?,20-/m1/s1. The number of rotatable bonds is 2. The van der Waals surface area contributed by atoms with Crippen molar-refractivity contribution in [3.05, 3.63) is 36.2 Å². The molecule has 1 N–H and O–H groups in total. The molecule has 3 heterocycles. The lowest BCUT2D eigenvalue weighted by Crippen LogP contribution is -2.52. The van der Waals surface area contributed by atoms with Crippen molar-refractivity contribution >= 4 is 5.82 Å². The molecule has 0 radical (unpaired) electrons. The highest BCUT2D eigenvalue weighted by Gasteiger charge is 2.50. The van der Waals surface area contributed by atoms with Gasteiger partial charge in [0.2, 0.25) is 5.88 Å². The third-order valence-electron chi connectivity index (χ3n) is 6.40. The maximum atomic E-state index is 5.15. The normalized spacial score (nSPS) is 30.2. The summed E-state index contributed by atoms with van der Waals surface area (Å²) in [4.78, 5) is 9.06. The second-order valence-corrected chi connectivity index (χ2v) is 7.70. The van der Waals surface area contributed by atoms with Gasteiger partial charge in [-0.2, -0.15) is 0 Å². The van der Waals surface area contributed by atoms with E-state index in [4.69, 9.17) is 9.72 Å². The first kappa shape index (κ1) is 14.3. The van der Waals surface area contributed by atoms with E-state index in [0.717, 1.165) is 35.2 Å². The second-order valence-electron chi connectivity index (χ2n) is 7.70. The van der Waals surface area contributed by atoms with Crippen molar-refractivity contribution in [1.82, 2.24) is 9.97 Å². The Hall–Kier alpha value is -2.10. The van der Waals surface area contributed by atoms with Crippen LogP contribution in [0.15, 0.2) is 30.6 Å². The average molecular weight is 321 g/mol. The fourth-order valence-corrected chi connectivity index (χ4v) is 5.18. The highest BCUT2D eigenvalue weighted by Crippen LogP contribution is 2.53. The molecule has 124 valence electrons. The van der Waals surface area contributed by atoms with E-state index >= 15 is 0 Å². The minimum Gasteiger partial charge on any atom is -0.481 e. The largest absolute Gasteiger partial charge is 0.481 e. The summed E-state index contributed by atoms with van der Waals surface area (Å²) in [6, 6.07) is 6.26. The summed E-state index contributed by atoms with van der Waals surface area (Å²) in [6.07, 6.45) is 11.9. The molecule has 3 saturated carbocycles. The van der Waals surface area contributed by atoms with Gasteiger partial charge in [-0.3, -0.25) is 0 Å². The van der Waals surface area contributed by atoms with Gasteiger partial charge >= 0.3 is 0 Å². The lowest BCUT2D eigenvalue weighted by atomic mass is 9.59. The number of anilines is 1. The molecular formula is C20H23N3O. The first-order valence-electron chi connectivity index (χ1n) is 9.03. The molecule has 6 rings (SSSR count). The van der Waals surface area contributed by atoms with Crippen LogP contribution in [0.3, 0.4) is 0 Å². The monoisotopic (exact) mass is 321 g/mol.